The van der Waals surface area contributed by atoms with Gasteiger partial charge in [-0.25, -0.2) is 4.99 Å². The predicted molar refractivity (Wildman–Crippen MR) is 154 cm³/mol. The molecule has 2 saturated heterocycles. The molecular formula is C29H37N7O5. The molecule has 3 heterocycles. The molecular weight excluding hydrogens is 526 g/mol. The van der Waals surface area contributed by atoms with E-state index in [0.29, 0.717) is 24.4 Å². The van der Waals surface area contributed by atoms with E-state index in [2.05, 4.69) is 20.6 Å². The Bertz CT molecular complexity index is 1290. The molecule has 1 aromatic carbocycles. The van der Waals surface area contributed by atoms with Crippen molar-refractivity contribution in [1.29, 1.82) is 0 Å². The van der Waals surface area contributed by atoms with E-state index >= 15 is 0 Å². The number of aliphatic imine (C=N–C) groups is 1. The number of likely N-dealkylation sites (tertiary alicyclic amines) is 2. The minimum absolute atomic E-state index is 0.0273. The van der Waals surface area contributed by atoms with Crippen LogP contribution in [-0.2, 0) is 9.59 Å². The van der Waals surface area contributed by atoms with Crippen LogP contribution in [0.25, 0.3) is 0 Å². The molecule has 4 rings (SSSR count). The number of nitrogens with one attached hydrogen (secondary N) is 2. The van der Waals surface area contributed by atoms with E-state index in [4.69, 9.17) is 4.74 Å². The number of methoxy groups -OCH3 is 1. The lowest BCUT2D eigenvalue weighted by Gasteiger charge is -2.25. The third kappa shape index (κ3) is 7.80. The number of rotatable bonds is 7. The normalized spacial score (nSPS) is 17.6. The summed E-state index contributed by atoms with van der Waals surface area (Å²) in [5.41, 5.74) is 1.02. The standard InChI is InChI=1S/C29H37N7O5/c1-34(2)27(39)23-13-12-20(18-30-23)26(38)33-29(31-21-9-8-10-22(17-21)41-3)32-24-11-4-5-16-36(28(24)40)19-25(37)35-14-6-7-15-35/h8-10,12-13,17-18,24H,4-7,11,14-16,19H2,1-3H3,(H2,31,32,33,38). The molecule has 2 N–H and O–H groups in total. The summed E-state index contributed by atoms with van der Waals surface area (Å²) in [6.07, 6.45) is 5.28. The van der Waals surface area contributed by atoms with E-state index in [1.807, 2.05) is 0 Å². The van der Waals surface area contributed by atoms with Crippen molar-refractivity contribution in [2.75, 3.05) is 52.7 Å². The van der Waals surface area contributed by atoms with Crippen molar-refractivity contribution in [1.82, 2.24) is 25.0 Å². The third-order valence-electron chi connectivity index (χ3n) is 7.04. The summed E-state index contributed by atoms with van der Waals surface area (Å²) in [6.45, 7) is 1.96. The molecule has 4 amide bonds. The van der Waals surface area contributed by atoms with Gasteiger partial charge in [0, 0.05) is 51.7 Å². The second kappa shape index (κ2) is 13.7. The fourth-order valence-electron chi connectivity index (χ4n) is 4.74. The molecule has 0 spiro atoms. The predicted octanol–water partition coefficient (Wildman–Crippen LogP) is 1.99. The average Bonchev–Trinajstić information content (AvgIpc) is 3.47. The summed E-state index contributed by atoms with van der Waals surface area (Å²) in [5, 5.41) is 5.86. The Hall–Kier alpha value is -4.48. The first kappa shape index (κ1) is 29.5. The van der Waals surface area contributed by atoms with Gasteiger partial charge in [0.05, 0.1) is 19.2 Å². The largest absolute Gasteiger partial charge is 0.497 e. The molecule has 218 valence electrons. The Morgan fingerprint density at radius 2 is 1.83 bits per heavy atom. The number of anilines is 1. The van der Waals surface area contributed by atoms with Gasteiger partial charge in [0.15, 0.2) is 0 Å². The summed E-state index contributed by atoms with van der Waals surface area (Å²) in [7, 11) is 4.79. The molecule has 12 heteroatoms. The second-order valence-corrected chi connectivity index (χ2v) is 10.3. The van der Waals surface area contributed by atoms with Crippen molar-refractivity contribution >= 4 is 35.3 Å². The van der Waals surface area contributed by atoms with Crippen molar-refractivity contribution in [3.8, 4) is 5.75 Å². The quantitative estimate of drug-likeness (QED) is 0.388. The van der Waals surface area contributed by atoms with Crippen LogP contribution in [0.5, 0.6) is 5.75 Å². The number of guanidine groups is 1. The van der Waals surface area contributed by atoms with Crippen LogP contribution < -0.4 is 15.4 Å². The summed E-state index contributed by atoms with van der Waals surface area (Å²) < 4.78 is 5.31. The van der Waals surface area contributed by atoms with Crippen LogP contribution in [0.2, 0.25) is 0 Å². The van der Waals surface area contributed by atoms with Crippen LogP contribution in [0, 0.1) is 0 Å². The van der Waals surface area contributed by atoms with E-state index < -0.39 is 11.9 Å². The highest BCUT2D eigenvalue weighted by Gasteiger charge is 2.30. The molecule has 0 radical (unpaired) electrons. The number of nitrogens with zero attached hydrogens (tertiary/aromatic N) is 5. The van der Waals surface area contributed by atoms with Crippen LogP contribution in [0.15, 0.2) is 47.6 Å². The highest BCUT2D eigenvalue weighted by atomic mass is 16.5. The highest BCUT2D eigenvalue weighted by molar-refractivity contribution is 6.10. The number of pyridine rings is 1. The SMILES string of the molecule is COc1cccc(NC(=NC2CCCCN(CC(=O)N3CCCC3)C2=O)NC(=O)c2ccc(C(=O)N(C)C)nc2)c1. The maximum absolute atomic E-state index is 13.5. The summed E-state index contributed by atoms with van der Waals surface area (Å²) in [6, 6.07) is 9.29. The summed E-state index contributed by atoms with van der Waals surface area (Å²) in [4.78, 5) is 65.3. The zero-order valence-electron chi connectivity index (χ0n) is 23.8. The van der Waals surface area contributed by atoms with E-state index in [1.165, 1.54) is 23.2 Å². The Morgan fingerprint density at radius 3 is 2.51 bits per heavy atom. The fourth-order valence-corrected chi connectivity index (χ4v) is 4.74. The topological polar surface area (TPSA) is 137 Å². The number of amides is 4. The number of carbonyl (C=O) groups is 4. The van der Waals surface area contributed by atoms with Crippen LogP contribution in [0.4, 0.5) is 5.69 Å². The first-order chi connectivity index (χ1) is 19.7. The third-order valence-corrected chi connectivity index (χ3v) is 7.04. The number of hydrogen-bond acceptors (Lipinski definition) is 7. The Balaban J connectivity index is 1.56. The van der Waals surface area contributed by atoms with Gasteiger partial charge < -0.3 is 24.8 Å². The number of aromatic nitrogens is 1. The molecule has 1 atom stereocenters. The van der Waals surface area contributed by atoms with E-state index in [0.717, 1.165) is 38.8 Å². The van der Waals surface area contributed by atoms with Gasteiger partial charge in [0.1, 0.15) is 17.5 Å². The van der Waals surface area contributed by atoms with Crippen LogP contribution in [0.1, 0.15) is 53.0 Å². The number of ether oxygens (including phenoxy) is 1. The highest BCUT2D eigenvalue weighted by Crippen LogP contribution is 2.19. The van der Waals surface area contributed by atoms with Crippen LogP contribution in [-0.4, -0.2) is 103 Å². The molecule has 0 aliphatic carbocycles. The minimum atomic E-state index is -0.782. The first-order valence-electron chi connectivity index (χ1n) is 13.8. The van der Waals surface area contributed by atoms with Crippen molar-refractivity contribution < 1.29 is 23.9 Å². The van der Waals surface area contributed by atoms with Gasteiger partial charge >= 0.3 is 0 Å². The van der Waals surface area contributed by atoms with Gasteiger partial charge in [0.2, 0.25) is 17.8 Å². The zero-order valence-corrected chi connectivity index (χ0v) is 23.8. The van der Waals surface area contributed by atoms with Crippen molar-refractivity contribution in [3.05, 3.63) is 53.9 Å². The van der Waals surface area contributed by atoms with Crippen LogP contribution >= 0.6 is 0 Å². The maximum Gasteiger partial charge on any atom is 0.271 e. The molecule has 2 aliphatic heterocycles. The molecule has 1 unspecified atom stereocenters. The molecule has 2 aliphatic rings. The van der Waals surface area contributed by atoms with Gasteiger partial charge in [-0.15, -0.1) is 0 Å². The fraction of sp³-hybridized carbons (Fsp3) is 0.448. The Labute approximate surface area is 239 Å². The molecule has 1 aromatic heterocycles. The second-order valence-electron chi connectivity index (χ2n) is 10.3. The lowest BCUT2D eigenvalue weighted by molar-refractivity contribution is -0.140. The van der Waals surface area contributed by atoms with Gasteiger partial charge in [0.25, 0.3) is 11.8 Å². The maximum atomic E-state index is 13.5. The summed E-state index contributed by atoms with van der Waals surface area (Å²) in [5.74, 6) is -0.420. The lowest BCUT2D eigenvalue weighted by atomic mass is 10.1. The van der Waals surface area contributed by atoms with Crippen LogP contribution in [0.3, 0.4) is 0 Å². The minimum Gasteiger partial charge on any atom is -0.497 e. The molecule has 2 aromatic rings. The van der Waals surface area contributed by atoms with Crippen molar-refractivity contribution in [2.45, 2.75) is 38.1 Å². The van der Waals surface area contributed by atoms with E-state index in [1.54, 1.807) is 55.3 Å². The van der Waals surface area contributed by atoms with Gasteiger partial charge in [-0.05, 0) is 56.4 Å². The van der Waals surface area contributed by atoms with Crippen molar-refractivity contribution in [3.63, 3.8) is 0 Å². The smallest absolute Gasteiger partial charge is 0.271 e. The van der Waals surface area contributed by atoms with E-state index in [9.17, 15) is 19.2 Å². The zero-order chi connectivity index (χ0) is 29.4. The number of carbonyl (C=O) groups excluding carboxylic acids is 4. The summed E-state index contributed by atoms with van der Waals surface area (Å²) >= 11 is 0. The first-order valence-corrected chi connectivity index (χ1v) is 13.8. The van der Waals surface area contributed by atoms with Gasteiger partial charge in [-0.1, -0.05) is 6.07 Å². The Morgan fingerprint density at radius 1 is 1.07 bits per heavy atom. The van der Waals surface area contributed by atoms with Gasteiger partial charge in [-0.3, -0.25) is 29.5 Å². The molecule has 0 saturated carbocycles. The molecule has 2 fully saturated rings. The number of benzene rings is 1. The van der Waals surface area contributed by atoms with E-state index in [-0.39, 0.29) is 41.5 Å². The lowest BCUT2D eigenvalue weighted by Crippen LogP contribution is -2.45. The average molecular weight is 564 g/mol. The molecule has 12 nitrogen and oxygen atoms in total. The number of hydrogen-bond donors (Lipinski definition) is 2. The Kier molecular flexibility index (Phi) is 9.88. The van der Waals surface area contributed by atoms with Crippen molar-refractivity contribution in [2.24, 2.45) is 4.99 Å². The monoisotopic (exact) mass is 563 g/mol. The van der Waals surface area contributed by atoms with Gasteiger partial charge in [-0.2, -0.15) is 0 Å². The molecule has 0 bridgehead atoms. The molecule has 41 heavy (non-hydrogen) atoms.